The summed E-state index contributed by atoms with van der Waals surface area (Å²) < 4.78 is 12.4. The zero-order chi connectivity index (χ0) is 15.6. The third-order valence-electron chi connectivity index (χ3n) is 3.64. The zero-order valence-corrected chi connectivity index (χ0v) is 13.6. The quantitative estimate of drug-likeness (QED) is 0.886. The van der Waals surface area contributed by atoms with Gasteiger partial charge in [-0.3, -0.25) is 0 Å². The van der Waals surface area contributed by atoms with Gasteiger partial charge in [0.2, 0.25) is 5.88 Å². The van der Waals surface area contributed by atoms with Gasteiger partial charge in [0.05, 0.1) is 24.1 Å². The molecule has 2 rings (SSSR count). The molecule has 0 aliphatic rings. The number of hydrogen-bond donors (Lipinski definition) is 1. The molecule has 2 heterocycles. The van der Waals surface area contributed by atoms with Crippen LogP contribution in [0.15, 0.2) is 4.52 Å². The van der Waals surface area contributed by atoms with E-state index < -0.39 is 0 Å². The van der Waals surface area contributed by atoms with Gasteiger partial charge in [-0.2, -0.15) is 5.10 Å². The highest BCUT2D eigenvalue weighted by Crippen LogP contribution is 2.27. The number of nitrogens with one attached hydrogen (secondary N) is 1. The molecule has 21 heavy (non-hydrogen) atoms. The lowest BCUT2D eigenvalue weighted by molar-refractivity contribution is 0.368. The van der Waals surface area contributed by atoms with E-state index in [4.69, 9.17) is 9.26 Å². The van der Waals surface area contributed by atoms with E-state index in [1.165, 1.54) is 0 Å². The van der Waals surface area contributed by atoms with E-state index in [1.807, 2.05) is 20.9 Å². The highest BCUT2D eigenvalue weighted by atomic mass is 16.5. The topological polar surface area (TPSA) is 65.1 Å². The molecule has 2 aromatic rings. The van der Waals surface area contributed by atoms with E-state index in [1.54, 1.807) is 11.8 Å². The molecular weight excluding hydrogens is 268 g/mol. The van der Waals surface area contributed by atoms with Crippen LogP contribution in [0.25, 0.3) is 0 Å². The van der Waals surface area contributed by atoms with E-state index in [9.17, 15) is 0 Å². The van der Waals surface area contributed by atoms with Crippen LogP contribution in [0.5, 0.6) is 5.88 Å². The smallest absolute Gasteiger partial charge is 0.216 e. The van der Waals surface area contributed by atoms with Gasteiger partial charge in [0.25, 0.3) is 0 Å². The Morgan fingerprint density at radius 2 is 1.90 bits per heavy atom. The van der Waals surface area contributed by atoms with Gasteiger partial charge in [-0.05, 0) is 19.8 Å². The summed E-state index contributed by atoms with van der Waals surface area (Å²) in [5, 5.41) is 12.0. The van der Waals surface area contributed by atoms with Crippen LogP contribution in [0, 0.1) is 13.8 Å². The van der Waals surface area contributed by atoms with Gasteiger partial charge in [0, 0.05) is 25.7 Å². The minimum absolute atomic E-state index is 0.357. The van der Waals surface area contributed by atoms with Crippen LogP contribution >= 0.6 is 0 Å². The first-order valence-corrected chi connectivity index (χ1v) is 7.17. The number of ether oxygens (including phenoxy) is 1. The molecule has 0 aliphatic carbocycles. The van der Waals surface area contributed by atoms with Crippen molar-refractivity contribution in [3.05, 3.63) is 28.3 Å². The van der Waals surface area contributed by atoms with Crippen LogP contribution in [0.3, 0.4) is 0 Å². The molecule has 6 heteroatoms. The third kappa shape index (κ3) is 3.10. The van der Waals surface area contributed by atoms with E-state index in [-0.39, 0.29) is 0 Å². The van der Waals surface area contributed by atoms with Gasteiger partial charge in [-0.15, -0.1) is 0 Å². The Morgan fingerprint density at radius 3 is 2.43 bits per heavy atom. The molecule has 6 nitrogen and oxygen atoms in total. The standard InChI is InChI=1S/C15H24N4O2/c1-9(2)14-13(15(20-6)19(5)17-14)8-16-7-12-10(3)18-21-11(12)4/h9,16H,7-8H2,1-6H3. The summed E-state index contributed by atoms with van der Waals surface area (Å²) in [5.74, 6) is 2.03. The average Bonchev–Trinajstić information content (AvgIpc) is 2.92. The fourth-order valence-corrected chi connectivity index (χ4v) is 2.52. The minimum Gasteiger partial charge on any atom is -0.481 e. The molecule has 0 aliphatic heterocycles. The van der Waals surface area contributed by atoms with Crippen molar-refractivity contribution in [3.8, 4) is 5.88 Å². The van der Waals surface area contributed by atoms with Gasteiger partial charge in [0.15, 0.2) is 0 Å². The third-order valence-corrected chi connectivity index (χ3v) is 3.64. The fraction of sp³-hybridized carbons (Fsp3) is 0.600. The largest absolute Gasteiger partial charge is 0.481 e. The number of hydrogen-bond acceptors (Lipinski definition) is 5. The maximum Gasteiger partial charge on any atom is 0.216 e. The van der Waals surface area contributed by atoms with E-state index in [2.05, 4.69) is 29.4 Å². The van der Waals surface area contributed by atoms with Crippen molar-refractivity contribution in [2.24, 2.45) is 7.05 Å². The molecule has 0 saturated carbocycles. The van der Waals surface area contributed by atoms with Gasteiger partial charge in [-0.25, -0.2) is 4.68 Å². The summed E-state index contributed by atoms with van der Waals surface area (Å²) in [6, 6.07) is 0. The molecule has 0 fully saturated rings. The van der Waals surface area contributed by atoms with Crippen LogP contribution in [0.4, 0.5) is 0 Å². The van der Waals surface area contributed by atoms with Crippen LogP contribution in [-0.2, 0) is 20.1 Å². The summed E-state index contributed by atoms with van der Waals surface area (Å²) in [7, 11) is 3.58. The van der Waals surface area contributed by atoms with Crippen molar-refractivity contribution in [1.29, 1.82) is 0 Å². The van der Waals surface area contributed by atoms with E-state index in [0.29, 0.717) is 12.5 Å². The van der Waals surface area contributed by atoms with Crippen molar-refractivity contribution < 1.29 is 9.26 Å². The second-order valence-corrected chi connectivity index (χ2v) is 5.56. The first-order chi connectivity index (χ1) is 9.95. The first-order valence-electron chi connectivity index (χ1n) is 7.17. The van der Waals surface area contributed by atoms with Crippen molar-refractivity contribution in [2.45, 2.75) is 46.7 Å². The molecule has 0 spiro atoms. The zero-order valence-electron chi connectivity index (χ0n) is 13.6. The second-order valence-electron chi connectivity index (χ2n) is 5.56. The van der Waals surface area contributed by atoms with Crippen molar-refractivity contribution in [1.82, 2.24) is 20.3 Å². The number of aryl methyl sites for hydroxylation is 3. The van der Waals surface area contributed by atoms with E-state index in [0.717, 1.165) is 40.7 Å². The summed E-state index contributed by atoms with van der Waals surface area (Å²) >= 11 is 0. The average molecular weight is 292 g/mol. The Balaban J connectivity index is 2.13. The lowest BCUT2D eigenvalue weighted by atomic mass is 10.1. The molecule has 1 N–H and O–H groups in total. The summed E-state index contributed by atoms with van der Waals surface area (Å²) in [5.41, 5.74) is 4.23. The lowest BCUT2D eigenvalue weighted by Gasteiger charge is -2.09. The van der Waals surface area contributed by atoms with Crippen molar-refractivity contribution in [3.63, 3.8) is 0 Å². The lowest BCUT2D eigenvalue weighted by Crippen LogP contribution is -2.15. The SMILES string of the molecule is COc1c(CNCc2c(C)noc2C)c(C(C)C)nn1C. The predicted octanol–water partition coefficient (Wildman–Crippen LogP) is 2.45. The fourth-order valence-electron chi connectivity index (χ4n) is 2.52. The predicted molar refractivity (Wildman–Crippen MR) is 80.4 cm³/mol. The molecule has 0 aromatic carbocycles. The first kappa shape index (κ1) is 15.6. The molecule has 0 unspecified atom stereocenters. The number of nitrogens with zero attached hydrogens (tertiary/aromatic N) is 3. The Morgan fingerprint density at radius 1 is 1.24 bits per heavy atom. The second kappa shape index (κ2) is 6.30. The number of rotatable bonds is 6. The summed E-state index contributed by atoms with van der Waals surface area (Å²) in [6.45, 7) is 9.59. The van der Waals surface area contributed by atoms with Gasteiger partial charge in [0.1, 0.15) is 5.76 Å². The molecule has 2 aromatic heterocycles. The summed E-state index contributed by atoms with van der Waals surface area (Å²) in [4.78, 5) is 0. The molecular formula is C15H24N4O2. The molecule has 0 radical (unpaired) electrons. The Labute approximate surface area is 125 Å². The van der Waals surface area contributed by atoms with Crippen LogP contribution in [0.2, 0.25) is 0 Å². The van der Waals surface area contributed by atoms with Crippen LogP contribution in [-0.4, -0.2) is 22.0 Å². The van der Waals surface area contributed by atoms with Crippen molar-refractivity contribution in [2.75, 3.05) is 7.11 Å². The van der Waals surface area contributed by atoms with Gasteiger partial charge in [-0.1, -0.05) is 19.0 Å². The Hall–Kier alpha value is -1.82. The maximum absolute atomic E-state index is 5.47. The van der Waals surface area contributed by atoms with Gasteiger partial charge >= 0.3 is 0 Å². The van der Waals surface area contributed by atoms with Crippen LogP contribution in [0.1, 0.15) is 48.0 Å². The molecule has 0 atom stereocenters. The summed E-state index contributed by atoms with van der Waals surface area (Å²) in [6.07, 6.45) is 0. The highest BCUT2D eigenvalue weighted by molar-refractivity contribution is 5.33. The van der Waals surface area contributed by atoms with Gasteiger partial charge < -0.3 is 14.6 Å². The normalized spacial score (nSPS) is 11.4. The monoisotopic (exact) mass is 292 g/mol. The van der Waals surface area contributed by atoms with E-state index >= 15 is 0 Å². The molecule has 0 amide bonds. The Kier molecular flexibility index (Phi) is 4.67. The number of aromatic nitrogens is 3. The molecule has 116 valence electrons. The Bertz CT molecular complexity index is 594. The molecule has 0 bridgehead atoms. The molecule has 0 saturated heterocycles. The van der Waals surface area contributed by atoms with Crippen LogP contribution < -0.4 is 10.1 Å². The maximum atomic E-state index is 5.47. The van der Waals surface area contributed by atoms with Crippen molar-refractivity contribution >= 4 is 0 Å². The minimum atomic E-state index is 0.357. The number of methoxy groups -OCH3 is 1. The highest BCUT2D eigenvalue weighted by Gasteiger charge is 2.19.